The SMILES string of the molecule is c1ccc2c(c1)CC(Nc1ccc(-n3cccn3)cc1)C2. The van der Waals surface area contributed by atoms with Crippen molar-refractivity contribution < 1.29 is 0 Å². The maximum atomic E-state index is 4.24. The lowest BCUT2D eigenvalue weighted by molar-refractivity contribution is 0.774. The molecule has 0 spiro atoms. The molecule has 0 fully saturated rings. The van der Waals surface area contributed by atoms with Gasteiger partial charge in [0, 0.05) is 24.1 Å². The second kappa shape index (κ2) is 5.09. The molecule has 3 nitrogen and oxygen atoms in total. The minimum Gasteiger partial charge on any atom is -0.382 e. The second-order valence-corrected chi connectivity index (χ2v) is 5.52. The summed E-state index contributed by atoms with van der Waals surface area (Å²) in [6.45, 7) is 0. The Morgan fingerprint density at radius 1 is 0.905 bits per heavy atom. The van der Waals surface area contributed by atoms with E-state index in [1.54, 1.807) is 6.20 Å². The molecular formula is C18H17N3. The fraction of sp³-hybridized carbons (Fsp3) is 0.167. The van der Waals surface area contributed by atoms with Crippen molar-refractivity contribution in [2.45, 2.75) is 18.9 Å². The number of rotatable bonds is 3. The van der Waals surface area contributed by atoms with Crippen molar-refractivity contribution in [2.75, 3.05) is 5.32 Å². The van der Waals surface area contributed by atoms with E-state index in [2.05, 4.69) is 58.9 Å². The molecule has 104 valence electrons. The monoisotopic (exact) mass is 275 g/mol. The van der Waals surface area contributed by atoms with Crippen LogP contribution in [0.5, 0.6) is 0 Å². The zero-order chi connectivity index (χ0) is 14.1. The molecule has 0 unspecified atom stereocenters. The van der Waals surface area contributed by atoms with Crippen LogP contribution in [0, 0.1) is 0 Å². The Labute approximate surface area is 124 Å². The Morgan fingerprint density at radius 2 is 1.62 bits per heavy atom. The van der Waals surface area contributed by atoms with Gasteiger partial charge in [0.2, 0.25) is 0 Å². The van der Waals surface area contributed by atoms with E-state index < -0.39 is 0 Å². The molecule has 0 radical (unpaired) electrons. The van der Waals surface area contributed by atoms with Crippen molar-refractivity contribution in [3.05, 3.63) is 78.1 Å². The van der Waals surface area contributed by atoms with Crippen LogP contribution >= 0.6 is 0 Å². The van der Waals surface area contributed by atoms with E-state index in [1.165, 1.54) is 16.8 Å². The van der Waals surface area contributed by atoms with Crippen molar-refractivity contribution in [1.82, 2.24) is 9.78 Å². The predicted molar refractivity (Wildman–Crippen MR) is 84.8 cm³/mol. The molecule has 3 heteroatoms. The third kappa shape index (κ3) is 2.42. The van der Waals surface area contributed by atoms with Gasteiger partial charge in [-0.2, -0.15) is 5.10 Å². The maximum absolute atomic E-state index is 4.24. The summed E-state index contributed by atoms with van der Waals surface area (Å²) in [7, 11) is 0. The van der Waals surface area contributed by atoms with Crippen LogP contribution in [0.25, 0.3) is 5.69 Å². The number of aromatic nitrogens is 2. The number of hydrogen-bond acceptors (Lipinski definition) is 2. The van der Waals surface area contributed by atoms with E-state index in [0.717, 1.165) is 18.5 Å². The Morgan fingerprint density at radius 3 is 2.24 bits per heavy atom. The first-order chi connectivity index (χ1) is 10.4. The Kier molecular flexibility index (Phi) is 2.96. The zero-order valence-electron chi connectivity index (χ0n) is 11.7. The summed E-state index contributed by atoms with van der Waals surface area (Å²) in [4.78, 5) is 0. The summed E-state index contributed by atoms with van der Waals surface area (Å²) in [6, 6.07) is 19.6. The zero-order valence-corrected chi connectivity index (χ0v) is 11.7. The van der Waals surface area contributed by atoms with E-state index in [1.807, 2.05) is 16.9 Å². The van der Waals surface area contributed by atoms with Gasteiger partial charge in [0.15, 0.2) is 0 Å². The number of anilines is 1. The molecule has 0 saturated carbocycles. The summed E-state index contributed by atoms with van der Waals surface area (Å²) < 4.78 is 1.87. The van der Waals surface area contributed by atoms with Gasteiger partial charge in [-0.1, -0.05) is 24.3 Å². The lowest BCUT2D eigenvalue weighted by Crippen LogP contribution is -2.19. The van der Waals surface area contributed by atoms with Crippen LogP contribution < -0.4 is 5.32 Å². The molecule has 0 aliphatic heterocycles. The lowest BCUT2D eigenvalue weighted by Gasteiger charge is -2.14. The molecule has 1 aromatic heterocycles. The molecule has 0 amide bonds. The highest BCUT2D eigenvalue weighted by atomic mass is 15.3. The van der Waals surface area contributed by atoms with E-state index in [4.69, 9.17) is 0 Å². The first-order valence-electron chi connectivity index (χ1n) is 7.32. The summed E-state index contributed by atoms with van der Waals surface area (Å²) in [5.74, 6) is 0. The molecule has 1 heterocycles. The van der Waals surface area contributed by atoms with Gasteiger partial charge in [-0.15, -0.1) is 0 Å². The Bertz CT molecular complexity index is 704. The highest BCUT2D eigenvalue weighted by Gasteiger charge is 2.20. The number of hydrogen-bond donors (Lipinski definition) is 1. The van der Waals surface area contributed by atoms with E-state index in [0.29, 0.717) is 6.04 Å². The smallest absolute Gasteiger partial charge is 0.0647 e. The molecule has 0 atom stereocenters. The third-order valence-electron chi connectivity index (χ3n) is 4.06. The van der Waals surface area contributed by atoms with Gasteiger partial charge in [0.1, 0.15) is 0 Å². The van der Waals surface area contributed by atoms with Crippen molar-refractivity contribution in [3.8, 4) is 5.69 Å². The topological polar surface area (TPSA) is 29.9 Å². The molecule has 0 bridgehead atoms. The van der Waals surface area contributed by atoms with Gasteiger partial charge in [-0.3, -0.25) is 0 Å². The number of fused-ring (bicyclic) bond motifs is 1. The summed E-state index contributed by atoms with van der Waals surface area (Å²) in [5, 5.41) is 7.87. The van der Waals surface area contributed by atoms with E-state index in [9.17, 15) is 0 Å². The quantitative estimate of drug-likeness (QED) is 0.793. The van der Waals surface area contributed by atoms with Gasteiger partial charge in [-0.25, -0.2) is 4.68 Å². The molecule has 3 aromatic rings. The lowest BCUT2D eigenvalue weighted by atomic mass is 10.1. The number of benzene rings is 2. The number of nitrogens with one attached hydrogen (secondary N) is 1. The largest absolute Gasteiger partial charge is 0.382 e. The third-order valence-corrected chi connectivity index (χ3v) is 4.06. The standard InChI is InChI=1S/C18H17N3/c1-2-5-15-13-17(12-14(15)4-1)20-16-6-8-18(9-7-16)21-11-3-10-19-21/h1-11,17,20H,12-13H2. The van der Waals surface area contributed by atoms with Crippen LogP contribution in [-0.2, 0) is 12.8 Å². The van der Waals surface area contributed by atoms with Crippen molar-refractivity contribution >= 4 is 5.69 Å². The summed E-state index contributed by atoms with van der Waals surface area (Å²) in [6.07, 6.45) is 5.96. The van der Waals surface area contributed by atoms with E-state index >= 15 is 0 Å². The second-order valence-electron chi connectivity index (χ2n) is 5.52. The average molecular weight is 275 g/mol. The normalized spacial score (nSPS) is 14.1. The molecule has 1 aliphatic carbocycles. The van der Waals surface area contributed by atoms with E-state index in [-0.39, 0.29) is 0 Å². The first-order valence-corrected chi connectivity index (χ1v) is 7.32. The molecule has 1 N–H and O–H groups in total. The Hall–Kier alpha value is -2.55. The molecule has 0 saturated heterocycles. The van der Waals surface area contributed by atoms with Crippen LogP contribution in [0.3, 0.4) is 0 Å². The predicted octanol–water partition coefficient (Wildman–Crippen LogP) is 3.45. The van der Waals surface area contributed by atoms with Gasteiger partial charge in [-0.05, 0) is 54.3 Å². The average Bonchev–Trinajstić information content (AvgIpc) is 3.17. The van der Waals surface area contributed by atoms with Crippen molar-refractivity contribution in [3.63, 3.8) is 0 Å². The first kappa shape index (κ1) is 12.2. The molecule has 4 rings (SSSR count). The summed E-state index contributed by atoms with van der Waals surface area (Å²) in [5.41, 5.74) is 5.20. The van der Waals surface area contributed by atoms with Crippen molar-refractivity contribution in [1.29, 1.82) is 0 Å². The highest BCUT2D eigenvalue weighted by molar-refractivity contribution is 5.50. The van der Waals surface area contributed by atoms with Gasteiger partial charge in [0.05, 0.1) is 5.69 Å². The van der Waals surface area contributed by atoms with Crippen LogP contribution in [0.4, 0.5) is 5.69 Å². The van der Waals surface area contributed by atoms with Gasteiger partial charge < -0.3 is 5.32 Å². The van der Waals surface area contributed by atoms with Gasteiger partial charge >= 0.3 is 0 Å². The molecule has 2 aromatic carbocycles. The van der Waals surface area contributed by atoms with Crippen LogP contribution in [0.2, 0.25) is 0 Å². The number of nitrogens with zero attached hydrogens (tertiary/aromatic N) is 2. The molecule has 21 heavy (non-hydrogen) atoms. The van der Waals surface area contributed by atoms with Gasteiger partial charge in [0.25, 0.3) is 0 Å². The van der Waals surface area contributed by atoms with Crippen LogP contribution in [-0.4, -0.2) is 15.8 Å². The van der Waals surface area contributed by atoms with Crippen molar-refractivity contribution in [2.24, 2.45) is 0 Å². The van der Waals surface area contributed by atoms with Crippen LogP contribution in [0.1, 0.15) is 11.1 Å². The minimum absolute atomic E-state index is 0.498. The highest BCUT2D eigenvalue weighted by Crippen LogP contribution is 2.24. The molecule has 1 aliphatic rings. The minimum atomic E-state index is 0.498. The maximum Gasteiger partial charge on any atom is 0.0647 e. The summed E-state index contributed by atoms with van der Waals surface area (Å²) >= 11 is 0. The molecular weight excluding hydrogens is 258 g/mol. The van der Waals surface area contributed by atoms with Crippen LogP contribution in [0.15, 0.2) is 67.0 Å². The Balaban J connectivity index is 1.47. The fourth-order valence-corrected chi connectivity index (χ4v) is 3.03. The fourth-order valence-electron chi connectivity index (χ4n) is 3.03.